The summed E-state index contributed by atoms with van der Waals surface area (Å²) in [4.78, 5) is 11.4. The van der Waals surface area contributed by atoms with Crippen LogP contribution in [0.1, 0.15) is 19.4 Å². The number of nitrogen functional groups attached to an aromatic ring is 1. The second-order valence-corrected chi connectivity index (χ2v) is 3.76. The lowest BCUT2D eigenvalue weighted by Crippen LogP contribution is -2.05. The SMILES string of the molecule is CCOC(=O)/C(C)=C/c1ccc(Cl)cc1N. The smallest absolute Gasteiger partial charge is 0.333 e. The fourth-order valence-corrected chi connectivity index (χ4v) is 1.39. The van der Waals surface area contributed by atoms with Gasteiger partial charge in [-0.05, 0) is 37.6 Å². The lowest BCUT2D eigenvalue weighted by molar-refractivity contribution is -0.138. The third kappa shape index (κ3) is 3.28. The maximum absolute atomic E-state index is 11.4. The number of hydrogen-bond donors (Lipinski definition) is 1. The van der Waals surface area contributed by atoms with Gasteiger partial charge in [0, 0.05) is 16.3 Å². The van der Waals surface area contributed by atoms with E-state index in [2.05, 4.69) is 0 Å². The van der Waals surface area contributed by atoms with Crippen molar-refractivity contribution in [3.05, 3.63) is 34.4 Å². The summed E-state index contributed by atoms with van der Waals surface area (Å²) >= 11 is 5.77. The van der Waals surface area contributed by atoms with E-state index in [-0.39, 0.29) is 5.97 Å². The molecule has 86 valence electrons. The summed E-state index contributed by atoms with van der Waals surface area (Å²) in [6.07, 6.45) is 1.68. The Morgan fingerprint density at radius 3 is 2.81 bits per heavy atom. The van der Waals surface area contributed by atoms with Crippen molar-refractivity contribution < 1.29 is 9.53 Å². The number of esters is 1. The quantitative estimate of drug-likeness (QED) is 0.501. The van der Waals surface area contributed by atoms with E-state index in [1.54, 1.807) is 38.1 Å². The zero-order valence-electron chi connectivity index (χ0n) is 9.29. The number of benzene rings is 1. The lowest BCUT2D eigenvalue weighted by atomic mass is 10.1. The Kier molecular flexibility index (Phi) is 4.38. The zero-order chi connectivity index (χ0) is 12.1. The van der Waals surface area contributed by atoms with Crippen LogP contribution in [-0.4, -0.2) is 12.6 Å². The Morgan fingerprint density at radius 2 is 2.25 bits per heavy atom. The molecule has 1 aromatic carbocycles. The van der Waals surface area contributed by atoms with Gasteiger partial charge >= 0.3 is 5.97 Å². The van der Waals surface area contributed by atoms with Gasteiger partial charge in [-0.25, -0.2) is 4.79 Å². The third-order valence-corrected chi connectivity index (χ3v) is 2.25. The van der Waals surface area contributed by atoms with Crippen LogP contribution in [0.4, 0.5) is 5.69 Å². The highest BCUT2D eigenvalue weighted by atomic mass is 35.5. The Morgan fingerprint density at radius 1 is 1.56 bits per heavy atom. The molecule has 0 aliphatic rings. The van der Waals surface area contributed by atoms with Crippen LogP contribution >= 0.6 is 11.6 Å². The molecule has 0 aliphatic heterocycles. The third-order valence-electron chi connectivity index (χ3n) is 2.02. The van der Waals surface area contributed by atoms with Crippen molar-refractivity contribution in [3.63, 3.8) is 0 Å². The highest BCUT2D eigenvalue weighted by Crippen LogP contribution is 2.20. The van der Waals surface area contributed by atoms with E-state index in [1.165, 1.54) is 0 Å². The summed E-state index contributed by atoms with van der Waals surface area (Å²) in [6, 6.07) is 5.13. The van der Waals surface area contributed by atoms with Gasteiger partial charge in [0.05, 0.1) is 6.61 Å². The van der Waals surface area contributed by atoms with Crippen LogP contribution in [-0.2, 0) is 9.53 Å². The van der Waals surface area contributed by atoms with Crippen molar-refractivity contribution in [1.29, 1.82) is 0 Å². The van der Waals surface area contributed by atoms with Crippen LogP contribution in [0, 0.1) is 0 Å². The minimum atomic E-state index is -0.336. The molecule has 0 aromatic heterocycles. The van der Waals surface area contributed by atoms with Gasteiger partial charge in [0.15, 0.2) is 0 Å². The van der Waals surface area contributed by atoms with E-state index < -0.39 is 0 Å². The Labute approximate surface area is 99.8 Å². The predicted molar refractivity (Wildman–Crippen MR) is 66.1 cm³/mol. The van der Waals surface area contributed by atoms with E-state index >= 15 is 0 Å². The average molecular weight is 240 g/mol. The molecule has 3 nitrogen and oxygen atoms in total. The minimum absolute atomic E-state index is 0.336. The Bertz CT molecular complexity index is 427. The normalized spacial score (nSPS) is 11.3. The number of halogens is 1. The first-order chi connectivity index (χ1) is 7.54. The van der Waals surface area contributed by atoms with Gasteiger partial charge in [-0.1, -0.05) is 17.7 Å². The van der Waals surface area contributed by atoms with Crippen molar-refractivity contribution in [3.8, 4) is 0 Å². The van der Waals surface area contributed by atoms with Gasteiger partial charge < -0.3 is 10.5 Å². The predicted octanol–water partition coefficient (Wildman–Crippen LogP) is 2.89. The van der Waals surface area contributed by atoms with E-state index in [9.17, 15) is 4.79 Å². The number of carbonyl (C=O) groups excluding carboxylic acids is 1. The van der Waals surface area contributed by atoms with Gasteiger partial charge in [0.25, 0.3) is 0 Å². The maximum Gasteiger partial charge on any atom is 0.333 e. The molecule has 0 radical (unpaired) electrons. The molecule has 0 heterocycles. The fraction of sp³-hybridized carbons (Fsp3) is 0.250. The van der Waals surface area contributed by atoms with Crippen LogP contribution in [0.25, 0.3) is 6.08 Å². The first-order valence-electron chi connectivity index (χ1n) is 4.95. The summed E-state index contributed by atoms with van der Waals surface area (Å²) in [5, 5.41) is 0.573. The second kappa shape index (κ2) is 5.56. The number of ether oxygens (including phenoxy) is 1. The molecule has 2 N–H and O–H groups in total. The largest absolute Gasteiger partial charge is 0.463 e. The summed E-state index contributed by atoms with van der Waals surface area (Å²) in [6.45, 7) is 3.81. The monoisotopic (exact) mass is 239 g/mol. The number of nitrogens with two attached hydrogens (primary N) is 1. The second-order valence-electron chi connectivity index (χ2n) is 3.32. The molecule has 0 spiro atoms. The summed E-state index contributed by atoms with van der Waals surface area (Å²) < 4.78 is 4.87. The summed E-state index contributed by atoms with van der Waals surface area (Å²) in [5.41, 5.74) is 7.57. The first-order valence-corrected chi connectivity index (χ1v) is 5.33. The van der Waals surface area contributed by atoms with Gasteiger partial charge in [0.2, 0.25) is 0 Å². The number of hydrogen-bond acceptors (Lipinski definition) is 3. The fourth-order valence-electron chi connectivity index (χ4n) is 1.21. The zero-order valence-corrected chi connectivity index (χ0v) is 10.0. The molecule has 0 saturated carbocycles. The molecule has 4 heteroatoms. The van der Waals surface area contributed by atoms with Crippen molar-refractivity contribution >= 4 is 29.3 Å². The molecule has 16 heavy (non-hydrogen) atoms. The van der Waals surface area contributed by atoms with Crippen LogP contribution in [0.15, 0.2) is 23.8 Å². The van der Waals surface area contributed by atoms with E-state index in [1.807, 2.05) is 0 Å². The standard InChI is InChI=1S/C12H14ClNO2/c1-3-16-12(15)8(2)6-9-4-5-10(13)7-11(9)14/h4-7H,3,14H2,1-2H3/b8-6+. The molecule has 0 saturated heterocycles. The average Bonchev–Trinajstić information content (AvgIpc) is 2.22. The van der Waals surface area contributed by atoms with Crippen molar-refractivity contribution in [2.75, 3.05) is 12.3 Å². The molecular formula is C12H14ClNO2. The van der Waals surface area contributed by atoms with Crippen LogP contribution in [0.5, 0.6) is 0 Å². The van der Waals surface area contributed by atoms with Crippen molar-refractivity contribution in [1.82, 2.24) is 0 Å². The number of anilines is 1. The van der Waals surface area contributed by atoms with Gasteiger partial charge in [-0.2, -0.15) is 0 Å². The molecule has 0 amide bonds. The lowest BCUT2D eigenvalue weighted by Gasteiger charge is -2.04. The molecule has 1 rings (SSSR count). The molecule has 0 atom stereocenters. The molecule has 0 fully saturated rings. The first kappa shape index (κ1) is 12.6. The van der Waals surface area contributed by atoms with Gasteiger partial charge in [-0.15, -0.1) is 0 Å². The maximum atomic E-state index is 11.4. The van der Waals surface area contributed by atoms with E-state index in [0.29, 0.717) is 22.9 Å². The molecular weight excluding hydrogens is 226 g/mol. The molecule has 0 aliphatic carbocycles. The molecule has 1 aromatic rings. The van der Waals surface area contributed by atoms with E-state index in [0.717, 1.165) is 5.56 Å². The molecule has 0 bridgehead atoms. The van der Waals surface area contributed by atoms with Crippen LogP contribution in [0.3, 0.4) is 0 Å². The Hall–Kier alpha value is -1.48. The minimum Gasteiger partial charge on any atom is -0.463 e. The van der Waals surface area contributed by atoms with Crippen molar-refractivity contribution in [2.45, 2.75) is 13.8 Å². The van der Waals surface area contributed by atoms with E-state index in [4.69, 9.17) is 22.1 Å². The van der Waals surface area contributed by atoms with Gasteiger partial charge in [-0.3, -0.25) is 0 Å². The number of rotatable bonds is 3. The molecule has 0 unspecified atom stereocenters. The summed E-state index contributed by atoms with van der Waals surface area (Å²) in [7, 11) is 0. The van der Waals surface area contributed by atoms with Crippen molar-refractivity contribution in [2.24, 2.45) is 0 Å². The highest BCUT2D eigenvalue weighted by molar-refractivity contribution is 6.30. The Balaban J connectivity index is 2.94. The van der Waals surface area contributed by atoms with Gasteiger partial charge in [0.1, 0.15) is 0 Å². The number of carbonyl (C=O) groups is 1. The van der Waals surface area contributed by atoms with Crippen LogP contribution in [0.2, 0.25) is 5.02 Å². The summed E-state index contributed by atoms with van der Waals surface area (Å²) in [5.74, 6) is -0.336. The van der Waals surface area contributed by atoms with Crippen LogP contribution < -0.4 is 5.73 Å². The topological polar surface area (TPSA) is 52.3 Å². The highest BCUT2D eigenvalue weighted by Gasteiger charge is 2.05.